The van der Waals surface area contributed by atoms with E-state index in [0.29, 0.717) is 42.7 Å². The molecule has 41 heavy (non-hydrogen) atoms. The lowest BCUT2D eigenvalue weighted by atomic mass is 9.89. The molecular weight excluding hydrogens is 536 g/mol. The van der Waals surface area contributed by atoms with Crippen LogP contribution in [0.5, 0.6) is 5.75 Å². The Morgan fingerprint density at radius 1 is 1.12 bits per heavy atom. The molecule has 3 unspecified atom stereocenters. The second-order valence-electron chi connectivity index (χ2n) is 12.1. The van der Waals surface area contributed by atoms with E-state index in [2.05, 4.69) is 24.1 Å². The first-order valence-electron chi connectivity index (χ1n) is 15.0. The van der Waals surface area contributed by atoms with Gasteiger partial charge < -0.3 is 24.4 Å². The molecule has 1 N–H and O–H groups in total. The summed E-state index contributed by atoms with van der Waals surface area (Å²) in [6.07, 6.45) is 4.05. The number of benzene rings is 2. The number of fused-ring (bicyclic) bond motifs is 3. The Bertz CT molecular complexity index is 1390. The molecule has 0 spiro atoms. The maximum Gasteiger partial charge on any atom is 0.271 e. The number of halogens is 1. The van der Waals surface area contributed by atoms with Crippen LogP contribution >= 0.6 is 11.6 Å². The maximum atomic E-state index is 14.0. The summed E-state index contributed by atoms with van der Waals surface area (Å²) in [6.45, 7) is 11.2. The minimum Gasteiger partial charge on any atom is -0.497 e. The Morgan fingerprint density at radius 3 is 2.63 bits per heavy atom. The van der Waals surface area contributed by atoms with Gasteiger partial charge in [0, 0.05) is 42.7 Å². The van der Waals surface area contributed by atoms with Gasteiger partial charge in [0.2, 0.25) is 5.91 Å². The van der Waals surface area contributed by atoms with Crippen LogP contribution in [0.25, 0.3) is 10.9 Å². The standard InChI is InChI=1S/C33H43ClN4O3/c1-5-24-17-23(2)20-36(21-24)15-6-14-35-32(40)33(3)22-37-29-19-28(41-4)12-9-26(29)18-30(37)31(39)38(33)16-13-25-7-10-27(34)11-8-25/h7-12,18-19,23-24H,5-6,13-17,20-22H2,1-4H3,(H,35,40). The Morgan fingerprint density at radius 2 is 1.90 bits per heavy atom. The van der Waals surface area contributed by atoms with Crippen molar-refractivity contribution in [3.05, 3.63) is 64.8 Å². The van der Waals surface area contributed by atoms with Gasteiger partial charge in [-0.1, -0.05) is 44.0 Å². The number of aromatic nitrogens is 1. The first-order valence-corrected chi connectivity index (χ1v) is 15.3. The molecule has 1 saturated heterocycles. The number of amides is 2. The van der Waals surface area contributed by atoms with E-state index in [1.54, 1.807) is 12.0 Å². The van der Waals surface area contributed by atoms with Crippen LogP contribution < -0.4 is 10.1 Å². The van der Waals surface area contributed by atoms with Crippen LogP contribution in [0.4, 0.5) is 0 Å². The van der Waals surface area contributed by atoms with Crippen molar-refractivity contribution in [3.8, 4) is 5.75 Å². The van der Waals surface area contributed by atoms with E-state index in [1.807, 2.05) is 60.0 Å². The lowest BCUT2D eigenvalue weighted by molar-refractivity contribution is -0.132. The van der Waals surface area contributed by atoms with Crippen molar-refractivity contribution in [2.45, 2.75) is 58.5 Å². The first-order chi connectivity index (χ1) is 19.7. The molecule has 3 atom stereocenters. The highest BCUT2D eigenvalue weighted by molar-refractivity contribution is 6.30. The SMILES string of the molecule is CCC1CC(C)CN(CCCNC(=O)C2(C)Cn3c(cc4ccc(OC)cc43)C(=O)N2CCc2ccc(Cl)cc2)C1. The average molecular weight is 579 g/mol. The van der Waals surface area contributed by atoms with Crippen molar-refractivity contribution in [3.63, 3.8) is 0 Å². The first kappa shape index (κ1) is 29.5. The minimum absolute atomic E-state index is 0.115. The maximum absolute atomic E-state index is 14.0. The molecule has 0 saturated carbocycles. The number of hydrogen-bond donors (Lipinski definition) is 1. The van der Waals surface area contributed by atoms with Crippen LogP contribution in [0, 0.1) is 11.8 Å². The fourth-order valence-electron chi connectivity index (χ4n) is 6.67. The van der Waals surface area contributed by atoms with Gasteiger partial charge in [0.25, 0.3) is 5.91 Å². The zero-order chi connectivity index (χ0) is 29.1. The number of nitrogens with zero attached hydrogens (tertiary/aromatic N) is 3. The fourth-order valence-corrected chi connectivity index (χ4v) is 6.80. The van der Waals surface area contributed by atoms with Crippen LogP contribution in [-0.2, 0) is 17.8 Å². The summed E-state index contributed by atoms with van der Waals surface area (Å²) < 4.78 is 7.45. The number of piperidine rings is 1. The van der Waals surface area contributed by atoms with Gasteiger partial charge in [-0.05, 0) is 80.5 Å². The summed E-state index contributed by atoms with van der Waals surface area (Å²) in [7, 11) is 1.63. The number of methoxy groups -OCH3 is 1. The average Bonchev–Trinajstić information content (AvgIpc) is 3.33. The van der Waals surface area contributed by atoms with Crippen LogP contribution in [-0.4, -0.2) is 71.6 Å². The largest absolute Gasteiger partial charge is 0.497 e. The van der Waals surface area contributed by atoms with Gasteiger partial charge >= 0.3 is 0 Å². The molecule has 8 heteroatoms. The van der Waals surface area contributed by atoms with Gasteiger partial charge in [0.05, 0.1) is 19.2 Å². The summed E-state index contributed by atoms with van der Waals surface area (Å²) >= 11 is 6.09. The Labute approximate surface area is 248 Å². The third-order valence-electron chi connectivity index (χ3n) is 9.00. The Balaban J connectivity index is 1.34. The molecule has 220 valence electrons. The van der Waals surface area contributed by atoms with E-state index in [4.69, 9.17) is 16.3 Å². The van der Waals surface area contributed by atoms with E-state index in [0.717, 1.165) is 54.2 Å². The smallest absolute Gasteiger partial charge is 0.271 e. The number of rotatable bonds is 10. The molecule has 3 heterocycles. The van der Waals surface area contributed by atoms with E-state index in [9.17, 15) is 9.59 Å². The van der Waals surface area contributed by atoms with Crippen molar-refractivity contribution in [1.29, 1.82) is 0 Å². The Hall–Kier alpha value is -3.03. The second kappa shape index (κ2) is 12.5. The van der Waals surface area contributed by atoms with Gasteiger partial charge in [0.15, 0.2) is 0 Å². The van der Waals surface area contributed by atoms with E-state index in [1.165, 1.54) is 12.8 Å². The predicted octanol–water partition coefficient (Wildman–Crippen LogP) is 5.63. The van der Waals surface area contributed by atoms with Gasteiger partial charge in [-0.15, -0.1) is 0 Å². The number of nitrogens with one attached hydrogen (secondary N) is 1. The number of hydrogen-bond acceptors (Lipinski definition) is 4. The van der Waals surface area contributed by atoms with Crippen molar-refractivity contribution in [1.82, 2.24) is 19.7 Å². The molecular formula is C33H43ClN4O3. The third kappa shape index (κ3) is 6.26. The number of likely N-dealkylation sites (tertiary alicyclic amines) is 1. The highest BCUT2D eigenvalue weighted by Gasteiger charge is 2.47. The highest BCUT2D eigenvalue weighted by atomic mass is 35.5. The van der Waals surface area contributed by atoms with E-state index >= 15 is 0 Å². The molecule has 2 aromatic carbocycles. The normalized spacial score (nSPS) is 23.0. The molecule has 0 bridgehead atoms. The lowest BCUT2D eigenvalue weighted by Crippen LogP contribution is -2.64. The number of carbonyl (C=O) groups excluding carboxylic acids is 2. The molecule has 2 aliphatic rings. The molecule has 0 aliphatic carbocycles. The van der Waals surface area contributed by atoms with Gasteiger partial charge in [-0.25, -0.2) is 0 Å². The molecule has 2 amide bonds. The van der Waals surface area contributed by atoms with Crippen molar-refractivity contribution in [2.24, 2.45) is 11.8 Å². The summed E-state index contributed by atoms with van der Waals surface area (Å²) in [5.41, 5.74) is 1.52. The molecule has 3 aromatic rings. The summed E-state index contributed by atoms with van der Waals surface area (Å²) in [5, 5.41) is 4.84. The molecule has 2 aliphatic heterocycles. The van der Waals surface area contributed by atoms with E-state index in [-0.39, 0.29) is 11.8 Å². The molecule has 1 fully saturated rings. The van der Waals surface area contributed by atoms with Crippen molar-refractivity contribution < 1.29 is 14.3 Å². The monoisotopic (exact) mass is 578 g/mol. The summed E-state index contributed by atoms with van der Waals surface area (Å²) in [6, 6.07) is 15.4. The quantitative estimate of drug-likeness (QED) is 0.316. The van der Waals surface area contributed by atoms with Gasteiger partial charge in [0.1, 0.15) is 17.0 Å². The zero-order valence-corrected chi connectivity index (χ0v) is 25.5. The fraction of sp³-hybridized carbons (Fsp3) is 0.515. The Kier molecular flexibility index (Phi) is 8.95. The minimum atomic E-state index is -1.04. The molecule has 1 aromatic heterocycles. The highest BCUT2D eigenvalue weighted by Crippen LogP contribution is 2.34. The van der Waals surface area contributed by atoms with Crippen LogP contribution in [0.1, 0.15) is 56.1 Å². The molecule has 7 nitrogen and oxygen atoms in total. The second-order valence-corrected chi connectivity index (χ2v) is 12.6. The van der Waals surface area contributed by atoms with Gasteiger partial charge in [-0.2, -0.15) is 0 Å². The van der Waals surface area contributed by atoms with Crippen LogP contribution in [0.3, 0.4) is 0 Å². The molecule has 0 radical (unpaired) electrons. The summed E-state index contributed by atoms with van der Waals surface area (Å²) in [4.78, 5) is 32.3. The van der Waals surface area contributed by atoms with Crippen molar-refractivity contribution >= 4 is 34.3 Å². The predicted molar refractivity (Wildman–Crippen MR) is 165 cm³/mol. The topological polar surface area (TPSA) is 66.8 Å². The summed E-state index contributed by atoms with van der Waals surface area (Å²) in [5.74, 6) is 1.95. The molecule has 5 rings (SSSR count). The van der Waals surface area contributed by atoms with Crippen molar-refractivity contribution in [2.75, 3.05) is 39.8 Å². The number of ether oxygens (including phenoxy) is 1. The van der Waals surface area contributed by atoms with Crippen LogP contribution in [0.15, 0.2) is 48.5 Å². The third-order valence-corrected chi connectivity index (χ3v) is 9.25. The van der Waals surface area contributed by atoms with Crippen LogP contribution in [0.2, 0.25) is 5.02 Å². The number of carbonyl (C=O) groups is 2. The van der Waals surface area contributed by atoms with E-state index < -0.39 is 5.54 Å². The zero-order valence-electron chi connectivity index (χ0n) is 24.8. The van der Waals surface area contributed by atoms with Gasteiger partial charge in [-0.3, -0.25) is 9.59 Å². The lowest BCUT2D eigenvalue weighted by Gasteiger charge is -2.44.